The van der Waals surface area contributed by atoms with Crippen molar-refractivity contribution < 1.29 is 4.79 Å². The topological polar surface area (TPSA) is 49.3 Å². The summed E-state index contributed by atoms with van der Waals surface area (Å²) in [6.45, 7) is 4.12. The van der Waals surface area contributed by atoms with E-state index in [2.05, 4.69) is 14.9 Å². The number of aromatic nitrogens is 2. The SMILES string of the molecule is O=C1N(c2cncnc2)CC[C@@]12CCCN(CC1CC1)C2. The van der Waals surface area contributed by atoms with Gasteiger partial charge in [0, 0.05) is 19.6 Å². The Morgan fingerprint density at radius 2 is 2.00 bits per heavy atom. The molecular weight excluding hydrogens is 264 g/mol. The summed E-state index contributed by atoms with van der Waals surface area (Å²) < 4.78 is 0. The standard InChI is InChI=1S/C16H22N4O/c21-15-16(4-1-6-19(11-16)10-13-2-3-13)5-7-20(15)14-8-17-12-18-9-14/h8-9,12-13H,1-7,10-11H2/t16-/m1/s1. The van der Waals surface area contributed by atoms with Crippen molar-refractivity contribution in [2.45, 2.75) is 32.1 Å². The highest BCUT2D eigenvalue weighted by atomic mass is 16.2. The Hall–Kier alpha value is -1.49. The number of carbonyl (C=O) groups excluding carboxylic acids is 1. The molecule has 0 aromatic carbocycles. The van der Waals surface area contributed by atoms with Gasteiger partial charge in [-0.25, -0.2) is 9.97 Å². The van der Waals surface area contributed by atoms with Crippen LogP contribution in [0.5, 0.6) is 0 Å². The van der Waals surface area contributed by atoms with Crippen molar-refractivity contribution in [3.8, 4) is 0 Å². The van der Waals surface area contributed by atoms with Gasteiger partial charge >= 0.3 is 0 Å². The van der Waals surface area contributed by atoms with Crippen LogP contribution in [0.1, 0.15) is 32.1 Å². The molecule has 5 nitrogen and oxygen atoms in total. The first kappa shape index (κ1) is 13.2. The molecule has 1 atom stereocenters. The Kier molecular flexibility index (Phi) is 3.17. The molecule has 3 aliphatic rings. The number of piperidine rings is 1. The zero-order valence-corrected chi connectivity index (χ0v) is 12.4. The van der Waals surface area contributed by atoms with Crippen molar-refractivity contribution in [3.63, 3.8) is 0 Å². The summed E-state index contributed by atoms with van der Waals surface area (Å²) in [7, 11) is 0. The van der Waals surface area contributed by atoms with Crippen LogP contribution in [0.4, 0.5) is 5.69 Å². The largest absolute Gasteiger partial charge is 0.309 e. The van der Waals surface area contributed by atoms with Crippen LogP contribution in [-0.2, 0) is 4.79 Å². The Labute approximate surface area is 125 Å². The molecule has 1 aliphatic carbocycles. The number of rotatable bonds is 3. The molecule has 0 radical (unpaired) electrons. The third-order valence-electron chi connectivity index (χ3n) is 5.24. The average Bonchev–Trinajstić information content (AvgIpc) is 3.27. The van der Waals surface area contributed by atoms with E-state index in [1.165, 1.54) is 32.3 Å². The second kappa shape index (κ2) is 5.05. The minimum absolute atomic E-state index is 0.150. The third-order valence-corrected chi connectivity index (χ3v) is 5.24. The lowest BCUT2D eigenvalue weighted by molar-refractivity contribution is -0.128. The minimum atomic E-state index is -0.150. The molecule has 112 valence electrons. The third kappa shape index (κ3) is 2.44. The smallest absolute Gasteiger partial charge is 0.234 e. The van der Waals surface area contributed by atoms with E-state index in [9.17, 15) is 4.79 Å². The molecule has 0 N–H and O–H groups in total. The van der Waals surface area contributed by atoms with Gasteiger partial charge in [-0.1, -0.05) is 0 Å². The zero-order chi connectivity index (χ0) is 14.3. The van der Waals surface area contributed by atoms with Crippen molar-refractivity contribution in [2.24, 2.45) is 11.3 Å². The van der Waals surface area contributed by atoms with E-state index in [0.717, 1.165) is 44.0 Å². The molecule has 1 saturated carbocycles. The van der Waals surface area contributed by atoms with Gasteiger partial charge in [0.05, 0.1) is 23.5 Å². The summed E-state index contributed by atoms with van der Waals surface area (Å²) in [5, 5.41) is 0. The minimum Gasteiger partial charge on any atom is -0.309 e. The number of nitrogens with zero attached hydrogens (tertiary/aromatic N) is 4. The first-order valence-electron chi connectivity index (χ1n) is 8.06. The fourth-order valence-electron chi connectivity index (χ4n) is 3.92. The van der Waals surface area contributed by atoms with E-state index in [1.807, 2.05) is 4.90 Å². The summed E-state index contributed by atoms with van der Waals surface area (Å²) in [6, 6.07) is 0. The Morgan fingerprint density at radius 1 is 1.19 bits per heavy atom. The van der Waals surface area contributed by atoms with Crippen molar-refractivity contribution in [1.29, 1.82) is 0 Å². The molecule has 2 aliphatic heterocycles. The van der Waals surface area contributed by atoms with Crippen LogP contribution in [0.25, 0.3) is 0 Å². The molecule has 4 rings (SSSR count). The molecule has 0 unspecified atom stereocenters. The van der Waals surface area contributed by atoms with Gasteiger partial charge in [0.1, 0.15) is 6.33 Å². The maximum Gasteiger partial charge on any atom is 0.234 e. The van der Waals surface area contributed by atoms with Gasteiger partial charge in [-0.05, 0) is 44.6 Å². The quantitative estimate of drug-likeness (QED) is 0.848. The lowest BCUT2D eigenvalue weighted by atomic mass is 9.78. The normalized spacial score (nSPS) is 30.3. The number of carbonyl (C=O) groups is 1. The van der Waals surface area contributed by atoms with Gasteiger partial charge in [0.2, 0.25) is 5.91 Å². The molecule has 1 aromatic heterocycles. The fourth-order valence-corrected chi connectivity index (χ4v) is 3.92. The number of amides is 1. The van der Waals surface area contributed by atoms with E-state index in [-0.39, 0.29) is 11.3 Å². The number of hydrogen-bond donors (Lipinski definition) is 0. The lowest BCUT2D eigenvalue weighted by Gasteiger charge is -2.39. The van der Waals surface area contributed by atoms with E-state index in [0.29, 0.717) is 0 Å². The van der Waals surface area contributed by atoms with Crippen molar-refractivity contribution >= 4 is 11.6 Å². The van der Waals surface area contributed by atoms with Gasteiger partial charge in [0.25, 0.3) is 0 Å². The van der Waals surface area contributed by atoms with Gasteiger partial charge < -0.3 is 9.80 Å². The molecule has 5 heteroatoms. The summed E-state index contributed by atoms with van der Waals surface area (Å²) >= 11 is 0. The molecule has 0 bridgehead atoms. The average molecular weight is 286 g/mol. The van der Waals surface area contributed by atoms with Crippen LogP contribution in [0.2, 0.25) is 0 Å². The van der Waals surface area contributed by atoms with Crippen LogP contribution in [0.15, 0.2) is 18.7 Å². The predicted molar refractivity (Wildman–Crippen MR) is 79.8 cm³/mol. The highest BCUT2D eigenvalue weighted by Gasteiger charge is 2.49. The molecule has 3 fully saturated rings. The van der Waals surface area contributed by atoms with Crippen LogP contribution in [0.3, 0.4) is 0 Å². The van der Waals surface area contributed by atoms with Crippen LogP contribution >= 0.6 is 0 Å². The Morgan fingerprint density at radius 3 is 2.76 bits per heavy atom. The summed E-state index contributed by atoms with van der Waals surface area (Å²) in [6.07, 6.45) is 10.9. The molecule has 2 saturated heterocycles. The van der Waals surface area contributed by atoms with E-state index < -0.39 is 0 Å². The molecular formula is C16H22N4O. The maximum atomic E-state index is 13.0. The molecule has 1 spiro atoms. The van der Waals surface area contributed by atoms with Crippen molar-refractivity contribution in [3.05, 3.63) is 18.7 Å². The van der Waals surface area contributed by atoms with E-state index in [4.69, 9.17) is 0 Å². The number of anilines is 1. The summed E-state index contributed by atoms with van der Waals surface area (Å²) in [4.78, 5) is 25.5. The predicted octanol–water partition coefficient (Wildman–Crippen LogP) is 1.71. The van der Waals surface area contributed by atoms with Crippen molar-refractivity contribution in [1.82, 2.24) is 14.9 Å². The highest BCUT2D eigenvalue weighted by molar-refractivity contribution is 5.99. The Bertz CT molecular complexity index is 530. The summed E-state index contributed by atoms with van der Waals surface area (Å²) in [5.41, 5.74) is 0.696. The monoisotopic (exact) mass is 286 g/mol. The second-order valence-electron chi connectivity index (χ2n) is 6.87. The first-order chi connectivity index (χ1) is 10.3. The first-order valence-corrected chi connectivity index (χ1v) is 8.06. The van der Waals surface area contributed by atoms with Gasteiger partial charge in [-0.2, -0.15) is 0 Å². The lowest BCUT2D eigenvalue weighted by Crippen LogP contribution is -2.48. The van der Waals surface area contributed by atoms with Gasteiger partial charge in [-0.3, -0.25) is 4.79 Å². The molecule has 1 aromatic rings. The highest BCUT2D eigenvalue weighted by Crippen LogP contribution is 2.42. The maximum absolute atomic E-state index is 13.0. The zero-order valence-electron chi connectivity index (χ0n) is 12.4. The van der Waals surface area contributed by atoms with Crippen LogP contribution in [0, 0.1) is 11.3 Å². The molecule has 1 amide bonds. The van der Waals surface area contributed by atoms with Crippen molar-refractivity contribution in [2.75, 3.05) is 31.1 Å². The van der Waals surface area contributed by atoms with Gasteiger partial charge in [-0.15, -0.1) is 0 Å². The van der Waals surface area contributed by atoms with Gasteiger partial charge in [0.15, 0.2) is 0 Å². The number of likely N-dealkylation sites (tertiary alicyclic amines) is 1. The second-order valence-corrected chi connectivity index (χ2v) is 6.87. The molecule has 3 heterocycles. The number of hydrogen-bond acceptors (Lipinski definition) is 4. The van der Waals surface area contributed by atoms with Crippen LogP contribution in [-0.4, -0.2) is 47.0 Å². The Balaban J connectivity index is 1.51. The van der Waals surface area contributed by atoms with E-state index in [1.54, 1.807) is 12.4 Å². The summed E-state index contributed by atoms with van der Waals surface area (Å²) in [5.74, 6) is 1.19. The molecule has 21 heavy (non-hydrogen) atoms. The van der Waals surface area contributed by atoms with E-state index >= 15 is 0 Å². The van der Waals surface area contributed by atoms with Crippen LogP contribution < -0.4 is 4.90 Å². The fraction of sp³-hybridized carbons (Fsp3) is 0.688.